The van der Waals surface area contributed by atoms with E-state index in [1.54, 1.807) is 24.4 Å². The van der Waals surface area contributed by atoms with Crippen LogP contribution < -0.4 is 10.1 Å². The number of morpholine rings is 1. The Morgan fingerprint density at radius 2 is 2.00 bits per heavy atom. The Bertz CT molecular complexity index is 1350. The van der Waals surface area contributed by atoms with Crippen molar-refractivity contribution in [2.24, 2.45) is 0 Å². The number of hydrogen-bond acceptors (Lipinski definition) is 6. The van der Waals surface area contributed by atoms with Gasteiger partial charge < -0.3 is 19.8 Å². The van der Waals surface area contributed by atoms with Gasteiger partial charge in [-0.25, -0.2) is 9.97 Å². The molecule has 0 aliphatic carbocycles. The van der Waals surface area contributed by atoms with E-state index in [-0.39, 0.29) is 17.6 Å². The van der Waals surface area contributed by atoms with E-state index in [9.17, 15) is 4.79 Å². The lowest BCUT2D eigenvalue weighted by atomic mass is 10.1. The van der Waals surface area contributed by atoms with Gasteiger partial charge in [0.2, 0.25) is 0 Å². The van der Waals surface area contributed by atoms with Gasteiger partial charge >= 0.3 is 0 Å². The number of anilines is 1. The van der Waals surface area contributed by atoms with Crippen LogP contribution >= 0.6 is 0 Å². The highest BCUT2D eigenvalue weighted by Gasteiger charge is 2.31. The molecule has 2 aromatic carbocycles. The number of amides is 1. The normalized spacial score (nSPS) is 17.7. The molecule has 186 valence electrons. The number of aromatic nitrogens is 3. The average Bonchev–Trinajstić information content (AvgIpc) is 3.28. The van der Waals surface area contributed by atoms with E-state index in [1.807, 2.05) is 42.5 Å². The molecule has 0 saturated carbocycles. The molecule has 36 heavy (non-hydrogen) atoms. The fraction of sp³-hybridized carbons (Fsp3) is 0.321. The molecular weight excluding hydrogens is 454 g/mol. The number of carbonyl (C=O) groups excluding carboxylic acids is 1. The number of hydrogen-bond donors (Lipinski definition) is 2. The van der Waals surface area contributed by atoms with Crippen LogP contribution in [0.1, 0.15) is 31.1 Å². The van der Waals surface area contributed by atoms with Crippen molar-refractivity contribution in [1.29, 1.82) is 0 Å². The van der Waals surface area contributed by atoms with E-state index in [0.717, 1.165) is 36.5 Å². The number of imidazole rings is 1. The van der Waals surface area contributed by atoms with Gasteiger partial charge in [-0.3, -0.25) is 9.69 Å². The van der Waals surface area contributed by atoms with Crippen molar-refractivity contribution in [2.75, 3.05) is 31.6 Å². The van der Waals surface area contributed by atoms with E-state index in [1.165, 1.54) is 0 Å². The zero-order valence-corrected chi connectivity index (χ0v) is 20.8. The molecule has 1 fully saturated rings. The fourth-order valence-corrected chi connectivity index (χ4v) is 4.79. The molecule has 8 heteroatoms. The van der Waals surface area contributed by atoms with Gasteiger partial charge in [-0.15, -0.1) is 0 Å². The summed E-state index contributed by atoms with van der Waals surface area (Å²) in [6.07, 6.45) is 1.83. The van der Waals surface area contributed by atoms with Crippen LogP contribution in [0.2, 0.25) is 0 Å². The van der Waals surface area contributed by atoms with Crippen LogP contribution in [0.25, 0.3) is 22.4 Å². The lowest BCUT2D eigenvalue weighted by molar-refractivity contribution is -0.129. The number of rotatable bonds is 7. The van der Waals surface area contributed by atoms with E-state index in [2.05, 4.69) is 41.0 Å². The van der Waals surface area contributed by atoms with Gasteiger partial charge in [-0.2, -0.15) is 0 Å². The molecule has 0 bridgehead atoms. The molecule has 8 nitrogen and oxygen atoms in total. The molecule has 5 rings (SSSR count). The molecule has 1 saturated heterocycles. The Labute approximate surface area is 210 Å². The first kappa shape index (κ1) is 24.0. The Morgan fingerprint density at radius 3 is 2.81 bits per heavy atom. The van der Waals surface area contributed by atoms with Crippen LogP contribution in [-0.4, -0.2) is 63.7 Å². The van der Waals surface area contributed by atoms with Crippen molar-refractivity contribution < 1.29 is 14.3 Å². The largest absolute Gasteiger partial charge is 0.491 e. The smallest absolute Gasteiger partial charge is 0.259 e. The van der Waals surface area contributed by atoms with Crippen molar-refractivity contribution in [3.8, 4) is 17.1 Å². The predicted molar refractivity (Wildman–Crippen MR) is 140 cm³/mol. The zero-order chi connectivity index (χ0) is 25.1. The molecule has 0 radical (unpaired) electrons. The summed E-state index contributed by atoms with van der Waals surface area (Å²) in [6.45, 7) is 9.48. The molecule has 1 amide bonds. The molecule has 1 atom stereocenters. The number of ether oxygens (including phenoxy) is 2. The van der Waals surface area contributed by atoms with Crippen LogP contribution in [0.15, 0.2) is 66.9 Å². The van der Waals surface area contributed by atoms with Crippen molar-refractivity contribution in [2.45, 2.75) is 32.5 Å². The minimum absolute atomic E-state index is 0.162. The SMILES string of the molecule is C[C@@H]1CN(CCOc2ccccc2-c2nc3c(C(=O)Nc4ccccn4)cccc3[nH]2)CC(C)(C)O1. The Kier molecular flexibility index (Phi) is 6.71. The number of pyridine rings is 1. The second kappa shape index (κ2) is 10.1. The summed E-state index contributed by atoms with van der Waals surface area (Å²) < 4.78 is 12.2. The molecule has 1 aliphatic heterocycles. The summed E-state index contributed by atoms with van der Waals surface area (Å²) in [5, 5.41) is 2.84. The quantitative estimate of drug-likeness (QED) is 0.392. The third-order valence-corrected chi connectivity index (χ3v) is 6.11. The first-order valence-electron chi connectivity index (χ1n) is 12.2. The highest BCUT2D eigenvalue weighted by atomic mass is 16.5. The van der Waals surface area contributed by atoms with E-state index in [0.29, 0.717) is 29.3 Å². The van der Waals surface area contributed by atoms with Crippen LogP contribution in [0.5, 0.6) is 5.75 Å². The van der Waals surface area contributed by atoms with Crippen LogP contribution in [0, 0.1) is 0 Å². The van der Waals surface area contributed by atoms with Gasteiger partial charge in [-0.1, -0.05) is 24.3 Å². The lowest BCUT2D eigenvalue weighted by Crippen LogP contribution is -2.52. The molecule has 3 heterocycles. The maximum atomic E-state index is 13.0. The second-order valence-electron chi connectivity index (χ2n) is 9.72. The fourth-order valence-electron chi connectivity index (χ4n) is 4.79. The van der Waals surface area contributed by atoms with Gasteiger partial charge in [-0.05, 0) is 57.2 Å². The van der Waals surface area contributed by atoms with E-state index in [4.69, 9.17) is 14.5 Å². The minimum atomic E-state index is -0.260. The van der Waals surface area contributed by atoms with Crippen molar-refractivity contribution in [1.82, 2.24) is 19.9 Å². The van der Waals surface area contributed by atoms with Gasteiger partial charge in [0.25, 0.3) is 5.91 Å². The number of aromatic amines is 1. The van der Waals surface area contributed by atoms with E-state index >= 15 is 0 Å². The molecule has 4 aromatic rings. The first-order chi connectivity index (χ1) is 17.4. The number of nitrogens with one attached hydrogen (secondary N) is 2. The second-order valence-corrected chi connectivity index (χ2v) is 9.72. The van der Waals surface area contributed by atoms with Gasteiger partial charge in [0.1, 0.15) is 29.5 Å². The van der Waals surface area contributed by atoms with Gasteiger partial charge in [0, 0.05) is 25.8 Å². The number of carbonyl (C=O) groups is 1. The highest BCUT2D eigenvalue weighted by Crippen LogP contribution is 2.30. The first-order valence-corrected chi connectivity index (χ1v) is 12.2. The molecular formula is C28H31N5O3. The monoisotopic (exact) mass is 485 g/mol. The third-order valence-electron chi connectivity index (χ3n) is 6.11. The minimum Gasteiger partial charge on any atom is -0.491 e. The topological polar surface area (TPSA) is 92.4 Å². The van der Waals surface area contributed by atoms with Crippen molar-refractivity contribution in [3.63, 3.8) is 0 Å². The Hall–Kier alpha value is -3.75. The van der Waals surface area contributed by atoms with Crippen molar-refractivity contribution >= 4 is 22.8 Å². The van der Waals surface area contributed by atoms with Crippen LogP contribution in [-0.2, 0) is 4.74 Å². The molecule has 2 aromatic heterocycles. The maximum Gasteiger partial charge on any atom is 0.259 e. The van der Waals surface area contributed by atoms with Gasteiger partial charge in [0.05, 0.1) is 28.3 Å². The summed E-state index contributed by atoms with van der Waals surface area (Å²) in [5.41, 5.74) is 2.53. The van der Waals surface area contributed by atoms with Crippen molar-refractivity contribution in [3.05, 3.63) is 72.4 Å². The summed E-state index contributed by atoms with van der Waals surface area (Å²) in [5.74, 6) is 1.63. The summed E-state index contributed by atoms with van der Waals surface area (Å²) in [4.78, 5) is 27.7. The standard InChI is InChI=1S/C28H31N5O3/c1-19-17-33(18-28(2,3)36-19)15-16-35-23-12-5-4-9-20(23)26-30-22-11-8-10-21(25(22)32-26)27(34)31-24-13-6-7-14-29-24/h4-14,19H,15-18H2,1-3H3,(H,30,32)(H,29,31,34)/t19-/m1/s1. The molecule has 1 aliphatic rings. The number of fused-ring (bicyclic) bond motifs is 1. The Morgan fingerprint density at radius 1 is 1.17 bits per heavy atom. The lowest BCUT2D eigenvalue weighted by Gasteiger charge is -2.41. The zero-order valence-electron chi connectivity index (χ0n) is 20.8. The number of H-pyrrole nitrogens is 1. The predicted octanol–water partition coefficient (Wildman–Crippen LogP) is 4.76. The Balaban J connectivity index is 1.34. The van der Waals surface area contributed by atoms with Crippen LogP contribution in [0.4, 0.5) is 5.82 Å². The maximum absolute atomic E-state index is 13.0. The summed E-state index contributed by atoms with van der Waals surface area (Å²) in [7, 11) is 0. The van der Waals surface area contributed by atoms with Gasteiger partial charge in [0.15, 0.2) is 0 Å². The molecule has 2 N–H and O–H groups in total. The highest BCUT2D eigenvalue weighted by molar-refractivity contribution is 6.11. The van der Waals surface area contributed by atoms with Crippen LogP contribution in [0.3, 0.4) is 0 Å². The number of nitrogens with zero attached hydrogens (tertiary/aromatic N) is 3. The average molecular weight is 486 g/mol. The summed E-state index contributed by atoms with van der Waals surface area (Å²) in [6, 6.07) is 18.7. The van der Waals surface area contributed by atoms with E-state index < -0.39 is 0 Å². The summed E-state index contributed by atoms with van der Waals surface area (Å²) >= 11 is 0. The number of para-hydroxylation sites is 2. The number of benzene rings is 2. The third kappa shape index (κ3) is 5.40. The molecule has 0 spiro atoms. The molecule has 0 unspecified atom stereocenters.